The first kappa shape index (κ1) is 15.5. The lowest BCUT2D eigenvalue weighted by atomic mass is 9.89. The monoisotopic (exact) mass is 294 g/mol. The van der Waals surface area contributed by atoms with Crippen molar-refractivity contribution in [2.75, 3.05) is 6.54 Å². The number of hydrogen-bond acceptors (Lipinski definition) is 3. The van der Waals surface area contributed by atoms with Gasteiger partial charge in [-0.05, 0) is 51.1 Å². The molecule has 4 heteroatoms. The normalized spacial score (nSPS) is 22.4. The highest BCUT2D eigenvalue weighted by Crippen LogP contribution is 2.29. The summed E-state index contributed by atoms with van der Waals surface area (Å²) in [5, 5.41) is 5.58. The quantitative estimate of drug-likeness (QED) is 0.872. The fraction of sp³-hybridized carbons (Fsp3) is 0.688. The van der Waals surface area contributed by atoms with Gasteiger partial charge in [-0.1, -0.05) is 19.4 Å². The molecular weight excluding hydrogens is 268 g/mol. The Morgan fingerprint density at radius 3 is 2.85 bits per heavy atom. The van der Waals surface area contributed by atoms with E-state index in [4.69, 9.17) is 0 Å². The van der Waals surface area contributed by atoms with Gasteiger partial charge in [-0.15, -0.1) is 11.3 Å². The van der Waals surface area contributed by atoms with E-state index in [0.717, 1.165) is 38.8 Å². The third kappa shape index (κ3) is 3.23. The van der Waals surface area contributed by atoms with Crippen LogP contribution in [-0.2, 0) is 11.3 Å². The Morgan fingerprint density at radius 1 is 1.55 bits per heavy atom. The first-order chi connectivity index (χ1) is 9.59. The van der Waals surface area contributed by atoms with Crippen molar-refractivity contribution in [1.29, 1.82) is 0 Å². The Labute approximate surface area is 126 Å². The SMILES string of the molecule is CCCC1(C(=O)N(Cc2cccs2)C(C)C)CCCN1. The molecule has 112 valence electrons. The van der Waals surface area contributed by atoms with Gasteiger partial charge in [-0.2, -0.15) is 0 Å². The molecule has 1 saturated heterocycles. The maximum Gasteiger partial charge on any atom is 0.243 e. The van der Waals surface area contributed by atoms with Gasteiger partial charge < -0.3 is 10.2 Å². The summed E-state index contributed by atoms with van der Waals surface area (Å²) in [7, 11) is 0. The zero-order valence-electron chi connectivity index (χ0n) is 12.8. The van der Waals surface area contributed by atoms with Crippen molar-refractivity contribution in [1.82, 2.24) is 10.2 Å². The second kappa shape index (κ2) is 6.72. The number of rotatable bonds is 6. The van der Waals surface area contributed by atoms with Crippen LogP contribution >= 0.6 is 11.3 Å². The molecule has 2 rings (SSSR count). The zero-order valence-corrected chi connectivity index (χ0v) is 13.6. The summed E-state index contributed by atoms with van der Waals surface area (Å²) < 4.78 is 0. The molecule has 1 fully saturated rings. The number of nitrogens with zero attached hydrogens (tertiary/aromatic N) is 1. The summed E-state index contributed by atoms with van der Waals surface area (Å²) in [5.41, 5.74) is -0.309. The first-order valence-electron chi connectivity index (χ1n) is 7.67. The van der Waals surface area contributed by atoms with E-state index < -0.39 is 0 Å². The second-order valence-electron chi connectivity index (χ2n) is 5.97. The van der Waals surface area contributed by atoms with Crippen molar-refractivity contribution in [3.8, 4) is 0 Å². The van der Waals surface area contributed by atoms with Gasteiger partial charge in [0, 0.05) is 10.9 Å². The lowest BCUT2D eigenvalue weighted by Crippen LogP contribution is -2.56. The molecule has 1 aromatic heterocycles. The van der Waals surface area contributed by atoms with Crippen molar-refractivity contribution >= 4 is 17.2 Å². The Bertz CT molecular complexity index is 422. The molecule has 0 spiro atoms. The number of carbonyl (C=O) groups is 1. The third-order valence-corrected chi connectivity index (χ3v) is 4.98. The Balaban J connectivity index is 2.17. The van der Waals surface area contributed by atoms with Gasteiger partial charge in [0.15, 0.2) is 0 Å². The standard InChI is InChI=1S/C16H26N2OS/c1-4-8-16(9-6-10-17-16)15(19)18(13(2)3)12-14-7-5-11-20-14/h5,7,11,13,17H,4,6,8-10,12H2,1-3H3. The minimum atomic E-state index is -0.309. The van der Waals surface area contributed by atoms with Crippen LogP contribution in [0.5, 0.6) is 0 Å². The number of hydrogen-bond donors (Lipinski definition) is 1. The predicted molar refractivity (Wildman–Crippen MR) is 84.9 cm³/mol. The van der Waals surface area contributed by atoms with Gasteiger partial charge in [0.05, 0.1) is 12.1 Å². The highest BCUT2D eigenvalue weighted by Gasteiger charge is 2.43. The van der Waals surface area contributed by atoms with E-state index in [-0.39, 0.29) is 11.6 Å². The summed E-state index contributed by atoms with van der Waals surface area (Å²) in [4.78, 5) is 16.4. The van der Waals surface area contributed by atoms with Crippen molar-refractivity contribution in [2.45, 2.75) is 64.6 Å². The molecule has 0 aliphatic carbocycles. The molecule has 1 unspecified atom stereocenters. The molecule has 1 atom stereocenters. The topological polar surface area (TPSA) is 32.3 Å². The van der Waals surface area contributed by atoms with Gasteiger partial charge in [0.1, 0.15) is 0 Å². The Kier molecular flexibility index (Phi) is 5.22. The van der Waals surface area contributed by atoms with Crippen LogP contribution in [0.4, 0.5) is 0 Å². The van der Waals surface area contributed by atoms with Crippen molar-refractivity contribution in [3.63, 3.8) is 0 Å². The third-order valence-electron chi connectivity index (χ3n) is 4.12. The molecule has 1 amide bonds. The molecule has 0 saturated carbocycles. The van der Waals surface area contributed by atoms with Gasteiger partial charge in [0.2, 0.25) is 5.91 Å². The molecule has 2 heterocycles. The predicted octanol–water partition coefficient (Wildman–Crippen LogP) is 3.41. The number of carbonyl (C=O) groups excluding carboxylic acids is 1. The van der Waals surface area contributed by atoms with Gasteiger partial charge in [0.25, 0.3) is 0 Å². The van der Waals surface area contributed by atoms with E-state index in [1.54, 1.807) is 11.3 Å². The van der Waals surface area contributed by atoms with Crippen LogP contribution in [0, 0.1) is 0 Å². The minimum Gasteiger partial charge on any atom is -0.334 e. The van der Waals surface area contributed by atoms with Crippen LogP contribution in [0.15, 0.2) is 17.5 Å². The van der Waals surface area contributed by atoms with Crippen LogP contribution < -0.4 is 5.32 Å². The average Bonchev–Trinajstić information content (AvgIpc) is 3.07. The van der Waals surface area contributed by atoms with Crippen molar-refractivity contribution in [2.24, 2.45) is 0 Å². The highest BCUT2D eigenvalue weighted by atomic mass is 32.1. The molecule has 3 nitrogen and oxygen atoms in total. The minimum absolute atomic E-state index is 0.237. The van der Waals surface area contributed by atoms with Crippen LogP contribution in [0.3, 0.4) is 0 Å². The smallest absolute Gasteiger partial charge is 0.243 e. The molecule has 1 aliphatic heterocycles. The highest BCUT2D eigenvalue weighted by molar-refractivity contribution is 7.09. The maximum atomic E-state index is 13.1. The lowest BCUT2D eigenvalue weighted by molar-refractivity contribution is -0.140. The van der Waals surface area contributed by atoms with E-state index >= 15 is 0 Å². The fourth-order valence-electron chi connectivity index (χ4n) is 3.07. The van der Waals surface area contributed by atoms with Crippen LogP contribution in [-0.4, -0.2) is 28.9 Å². The average molecular weight is 294 g/mol. The molecule has 0 aromatic carbocycles. The van der Waals surface area contributed by atoms with Crippen LogP contribution in [0.2, 0.25) is 0 Å². The van der Waals surface area contributed by atoms with Crippen LogP contribution in [0.1, 0.15) is 51.3 Å². The Morgan fingerprint density at radius 2 is 2.35 bits per heavy atom. The summed E-state index contributed by atoms with van der Waals surface area (Å²) in [6.45, 7) is 8.09. The fourth-order valence-corrected chi connectivity index (χ4v) is 3.77. The van der Waals surface area contributed by atoms with Crippen LogP contribution in [0.25, 0.3) is 0 Å². The van der Waals surface area contributed by atoms with E-state index in [1.165, 1.54) is 4.88 Å². The molecule has 0 bridgehead atoms. The summed E-state index contributed by atoms with van der Waals surface area (Å²) >= 11 is 1.73. The molecule has 20 heavy (non-hydrogen) atoms. The number of thiophene rings is 1. The maximum absolute atomic E-state index is 13.1. The van der Waals surface area contributed by atoms with E-state index in [9.17, 15) is 4.79 Å². The van der Waals surface area contributed by atoms with Gasteiger partial charge >= 0.3 is 0 Å². The summed E-state index contributed by atoms with van der Waals surface area (Å²) in [6.07, 6.45) is 4.08. The number of nitrogens with one attached hydrogen (secondary N) is 1. The molecule has 0 radical (unpaired) electrons. The molecular formula is C16H26N2OS. The molecule has 1 N–H and O–H groups in total. The number of amides is 1. The summed E-state index contributed by atoms with van der Waals surface area (Å²) in [5.74, 6) is 0.292. The molecule has 1 aromatic rings. The van der Waals surface area contributed by atoms with Crippen molar-refractivity contribution < 1.29 is 4.79 Å². The lowest BCUT2D eigenvalue weighted by Gasteiger charge is -2.36. The summed E-state index contributed by atoms with van der Waals surface area (Å²) in [6, 6.07) is 4.40. The van der Waals surface area contributed by atoms with Gasteiger partial charge in [-0.3, -0.25) is 4.79 Å². The zero-order chi connectivity index (χ0) is 14.6. The van der Waals surface area contributed by atoms with Crippen molar-refractivity contribution in [3.05, 3.63) is 22.4 Å². The van der Waals surface area contributed by atoms with E-state index in [1.807, 2.05) is 4.90 Å². The Hall–Kier alpha value is -0.870. The van der Waals surface area contributed by atoms with E-state index in [2.05, 4.69) is 43.6 Å². The van der Waals surface area contributed by atoms with Gasteiger partial charge in [-0.25, -0.2) is 0 Å². The molecule has 1 aliphatic rings. The first-order valence-corrected chi connectivity index (χ1v) is 8.55. The largest absolute Gasteiger partial charge is 0.334 e. The second-order valence-corrected chi connectivity index (χ2v) is 7.00. The van der Waals surface area contributed by atoms with E-state index in [0.29, 0.717) is 5.91 Å².